The Labute approximate surface area is 170 Å². The van der Waals surface area contributed by atoms with Crippen LogP contribution in [-0.2, 0) is 0 Å². The molecule has 144 valence electrons. The van der Waals surface area contributed by atoms with Gasteiger partial charge in [-0.2, -0.15) is 0 Å². The molecule has 0 aliphatic carbocycles. The van der Waals surface area contributed by atoms with Crippen LogP contribution in [0.4, 0.5) is 0 Å². The van der Waals surface area contributed by atoms with Gasteiger partial charge < -0.3 is 5.11 Å². The lowest BCUT2D eigenvalue weighted by Crippen LogP contribution is -2.41. The van der Waals surface area contributed by atoms with Crippen LogP contribution in [0.2, 0.25) is 19.1 Å². The van der Waals surface area contributed by atoms with E-state index in [1.54, 1.807) is 0 Å². The minimum absolute atomic E-state index is 0.145. The predicted octanol–water partition coefficient (Wildman–Crippen LogP) is 6.07. The minimum Gasteiger partial charge on any atom is -0.388 e. The Hall–Kier alpha value is -2.42. The highest BCUT2D eigenvalue weighted by atomic mass is 28.3. The molecule has 0 saturated heterocycles. The van der Waals surface area contributed by atoms with Crippen LogP contribution in [0.5, 0.6) is 0 Å². The lowest BCUT2D eigenvalue weighted by atomic mass is 9.86. The molecule has 0 fully saturated rings. The van der Waals surface area contributed by atoms with Gasteiger partial charge in [0.15, 0.2) is 0 Å². The number of aliphatic hydroxyl groups excluding tert-OH is 1. The van der Waals surface area contributed by atoms with E-state index in [1.165, 1.54) is 16.3 Å². The fourth-order valence-corrected chi connectivity index (χ4v) is 6.62. The Morgan fingerprint density at radius 2 is 1.25 bits per heavy atom. The maximum Gasteiger partial charge on any atom is 0.0846 e. The Bertz CT molecular complexity index is 872. The number of hydrogen-bond acceptors (Lipinski definition) is 1. The van der Waals surface area contributed by atoms with E-state index >= 15 is 0 Å². The molecule has 2 heteroatoms. The molecule has 3 aromatic rings. The van der Waals surface area contributed by atoms with Crippen LogP contribution in [0.25, 0.3) is 0 Å². The molecule has 0 aromatic heterocycles. The zero-order valence-electron chi connectivity index (χ0n) is 16.9. The van der Waals surface area contributed by atoms with Crippen LogP contribution >= 0.6 is 0 Å². The van der Waals surface area contributed by atoms with Crippen molar-refractivity contribution in [2.75, 3.05) is 0 Å². The zero-order valence-corrected chi connectivity index (χ0v) is 17.9. The molecule has 0 bridgehead atoms. The van der Waals surface area contributed by atoms with Gasteiger partial charge in [-0.1, -0.05) is 121 Å². The van der Waals surface area contributed by atoms with Gasteiger partial charge in [0.25, 0.3) is 0 Å². The smallest absolute Gasteiger partial charge is 0.0846 e. The monoisotopic (exact) mass is 386 g/mol. The van der Waals surface area contributed by atoms with Crippen molar-refractivity contribution in [2.24, 2.45) is 0 Å². The Kier molecular flexibility index (Phi) is 6.66. The van der Waals surface area contributed by atoms with Crippen molar-refractivity contribution < 1.29 is 5.11 Å². The molecule has 0 radical (unpaired) electrons. The highest BCUT2D eigenvalue weighted by Crippen LogP contribution is 2.36. The normalized spacial score (nSPS) is 13.7. The topological polar surface area (TPSA) is 20.2 Å². The average Bonchev–Trinajstić information content (AvgIpc) is 2.73. The number of rotatable bonds is 8. The molecule has 2 unspecified atom stereocenters. The van der Waals surface area contributed by atoms with E-state index in [-0.39, 0.29) is 5.92 Å². The Morgan fingerprint density at radius 1 is 0.786 bits per heavy atom. The Morgan fingerprint density at radius 3 is 1.79 bits per heavy atom. The van der Waals surface area contributed by atoms with Gasteiger partial charge >= 0.3 is 0 Å². The van der Waals surface area contributed by atoms with Crippen LogP contribution in [0, 0.1) is 0 Å². The number of hydrogen-bond donors (Lipinski definition) is 1. The van der Waals surface area contributed by atoms with E-state index in [2.05, 4.69) is 74.3 Å². The van der Waals surface area contributed by atoms with Crippen molar-refractivity contribution >= 4 is 13.3 Å². The second kappa shape index (κ2) is 9.18. The SMILES string of the molecule is C=C(C[Si](C)(C)c1ccccc1)C(CC(O)c1ccccc1)c1ccccc1. The molecule has 0 aliphatic heterocycles. The van der Waals surface area contributed by atoms with E-state index in [0.717, 1.165) is 11.6 Å². The molecular formula is C26H30OSi. The predicted molar refractivity (Wildman–Crippen MR) is 123 cm³/mol. The molecular weight excluding hydrogens is 356 g/mol. The van der Waals surface area contributed by atoms with Crippen LogP contribution < -0.4 is 5.19 Å². The first-order valence-electron chi connectivity index (χ1n) is 9.98. The maximum absolute atomic E-state index is 10.9. The molecule has 0 saturated carbocycles. The summed E-state index contributed by atoms with van der Waals surface area (Å²) in [5.74, 6) is 0.145. The van der Waals surface area contributed by atoms with Gasteiger partial charge in [-0.3, -0.25) is 0 Å². The quantitative estimate of drug-likeness (QED) is 0.368. The van der Waals surface area contributed by atoms with Gasteiger partial charge in [0.1, 0.15) is 0 Å². The fraction of sp³-hybridized carbons (Fsp3) is 0.231. The van der Waals surface area contributed by atoms with Crippen molar-refractivity contribution in [1.29, 1.82) is 0 Å². The van der Waals surface area contributed by atoms with E-state index in [9.17, 15) is 5.11 Å². The molecule has 1 N–H and O–H groups in total. The summed E-state index contributed by atoms with van der Waals surface area (Å²) in [5, 5.41) is 12.3. The van der Waals surface area contributed by atoms with Crippen LogP contribution in [0.3, 0.4) is 0 Å². The van der Waals surface area contributed by atoms with Gasteiger partial charge in [0, 0.05) is 5.92 Å². The average molecular weight is 387 g/mol. The highest BCUT2D eigenvalue weighted by Gasteiger charge is 2.28. The largest absolute Gasteiger partial charge is 0.388 e. The lowest BCUT2D eigenvalue weighted by molar-refractivity contribution is 0.161. The summed E-state index contributed by atoms with van der Waals surface area (Å²) in [4.78, 5) is 0. The first-order valence-corrected chi connectivity index (χ1v) is 13.2. The Balaban J connectivity index is 1.83. The first-order chi connectivity index (χ1) is 13.5. The molecule has 0 spiro atoms. The van der Waals surface area contributed by atoms with Gasteiger partial charge in [-0.05, 0) is 23.6 Å². The summed E-state index contributed by atoms with van der Waals surface area (Å²) in [6.07, 6.45) is 0.163. The minimum atomic E-state index is -1.65. The van der Waals surface area contributed by atoms with Crippen LogP contribution in [-0.4, -0.2) is 13.2 Å². The second-order valence-corrected chi connectivity index (χ2v) is 12.9. The first kappa shape index (κ1) is 20.3. The van der Waals surface area contributed by atoms with Gasteiger partial charge in [0.2, 0.25) is 0 Å². The summed E-state index contributed by atoms with van der Waals surface area (Å²) in [5.41, 5.74) is 3.43. The van der Waals surface area contributed by atoms with Gasteiger partial charge in [-0.25, -0.2) is 0 Å². The molecule has 0 aliphatic rings. The zero-order chi connectivity index (χ0) is 20.0. The third kappa shape index (κ3) is 5.09. The molecule has 0 heterocycles. The summed E-state index contributed by atoms with van der Waals surface area (Å²) in [6.45, 7) is 9.32. The maximum atomic E-state index is 10.9. The van der Waals surface area contributed by atoms with Crippen molar-refractivity contribution in [2.45, 2.75) is 37.6 Å². The van der Waals surface area contributed by atoms with Crippen molar-refractivity contribution in [3.8, 4) is 0 Å². The van der Waals surface area contributed by atoms with Gasteiger partial charge in [0.05, 0.1) is 14.2 Å². The van der Waals surface area contributed by atoms with Crippen LogP contribution in [0.1, 0.15) is 29.6 Å². The summed E-state index contributed by atoms with van der Waals surface area (Å²) in [7, 11) is -1.65. The van der Waals surface area contributed by atoms with Crippen LogP contribution in [0.15, 0.2) is 103 Å². The molecule has 0 amide bonds. The molecule has 2 atom stereocenters. The van der Waals surface area contributed by atoms with E-state index < -0.39 is 14.2 Å². The fourth-order valence-electron chi connectivity index (χ4n) is 3.94. The molecule has 1 nitrogen and oxygen atoms in total. The number of allylic oxidation sites excluding steroid dienone is 1. The molecule has 28 heavy (non-hydrogen) atoms. The molecule has 3 rings (SSSR count). The van der Waals surface area contributed by atoms with E-state index in [1.807, 2.05) is 36.4 Å². The van der Waals surface area contributed by atoms with Crippen molar-refractivity contribution in [1.82, 2.24) is 0 Å². The lowest BCUT2D eigenvalue weighted by Gasteiger charge is -2.29. The van der Waals surface area contributed by atoms with E-state index in [4.69, 9.17) is 0 Å². The summed E-state index contributed by atoms with van der Waals surface area (Å²) >= 11 is 0. The number of benzene rings is 3. The van der Waals surface area contributed by atoms with Crippen molar-refractivity contribution in [3.05, 3.63) is 114 Å². The summed E-state index contributed by atoms with van der Waals surface area (Å²) in [6, 6.07) is 32.3. The second-order valence-electron chi connectivity index (χ2n) is 8.21. The third-order valence-corrected chi connectivity index (χ3v) is 8.80. The highest BCUT2D eigenvalue weighted by molar-refractivity contribution is 6.90. The standard InChI is InChI=1S/C26H30OSi/c1-21(20-28(2,3)24-17-11-6-12-18-24)25(22-13-7-4-8-14-22)19-26(27)23-15-9-5-10-16-23/h4-18,25-27H,1,19-20H2,2-3H3. The van der Waals surface area contributed by atoms with Gasteiger partial charge in [-0.15, -0.1) is 0 Å². The third-order valence-electron chi connectivity index (χ3n) is 5.56. The molecule has 3 aromatic carbocycles. The van der Waals surface area contributed by atoms with Crippen molar-refractivity contribution in [3.63, 3.8) is 0 Å². The number of aliphatic hydroxyl groups is 1. The summed E-state index contributed by atoms with van der Waals surface area (Å²) < 4.78 is 0. The van der Waals surface area contributed by atoms with E-state index in [0.29, 0.717) is 6.42 Å².